The topological polar surface area (TPSA) is 75.3 Å². The second kappa shape index (κ2) is 9.65. The molecular weight excluding hydrogens is 403 g/mol. The van der Waals surface area contributed by atoms with Crippen molar-refractivity contribution in [2.75, 3.05) is 0 Å². The maximum absolute atomic E-state index is 14.1. The molecule has 1 unspecified atom stereocenters. The Balaban J connectivity index is 1.81. The number of carbonyl (C=O) groups is 1. The third-order valence-electron chi connectivity index (χ3n) is 4.57. The lowest BCUT2D eigenvalue weighted by molar-refractivity contribution is -0.122. The van der Waals surface area contributed by atoms with Crippen LogP contribution in [0, 0.1) is 12.7 Å². The summed E-state index contributed by atoms with van der Waals surface area (Å²) >= 11 is 0. The molecule has 0 aliphatic heterocycles. The van der Waals surface area contributed by atoms with Gasteiger partial charge < -0.3 is 5.32 Å². The zero-order valence-electron chi connectivity index (χ0n) is 16.5. The summed E-state index contributed by atoms with van der Waals surface area (Å²) in [6, 6.07) is 20.7. The molecule has 0 aliphatic rings. The summed E-state index contributed by atoms with van der Waals surface area (Å²) < 4.78 is 41.9. The molecule has 1 amide bonds. The van der Waals surface area contributed by atoms with Crippen LogP contribution in [0.5, 0.6) is 0 Å². The van der Waals surface area contributed by atoms with Crippen LogP contribution in [0.3, 0.4) is 0 Å². The van der Waals surface area contributed by atoms with Crippen molar-refractivity contribution >= 4 is 15.9 Å². The second-order valence-corrected chi connectivity index (χ2v) is 8.68. The summed E-state index contributed by atoms with van der Waals surface area (Å²) in [7, 11) is -4.23. The van der Waals surface area contributed by atoms with E-state index >= 15 is 0 Å². The number of carbonyl (C=O) groups excluding carboxylic acids is 1. The van der Waals surface area contributed by atoms with E-state index in [9.17, 15) is 17.6 Å². The molecule has 0 bridgehead atoms. The zero-order chi connectivity index (χ0) is 21.6. The van der Waals surface area contributed by atoms with Crippen LogP contribution in [-0.4, -0.2) is 20.4 Å². The SMILES string of the molecule is Cc1cccc(CNC(=O)C(Cc2ccccc2)NS(=O)(=O)c2ccccc2F)c1. The molecular formula is C23H23FN2O3S. The van der Waals surface area contributed by atoms with Crippen molar-refractivity contribution in [3.8, 4) is 0 Å². The number of sulfonamides is 1. The minimum atomic E-state index is -4.23. The van der Waals surface area contributed by atoms with Crippen molar-refractivity contribution in [1.29, 1.82) is 0 Å². The summed E-state index contributed by atoms with van der Waals surface area (Å²) in [5.74, 6) is -1.36. The van der Waals surface area contributed by atoms with Crippen LogP contribution < -0.4 is 10.0 Å². The Kier molecular flexibility index (Phi) is 6.97. The van der Waals surface area contributed by atoms with Crippen molar-refractivity contribution in [1.82, 2.24) is 10.0 Å². The largest absolute Gasteiger partial charge is 0.351 e. The van der Waals surface area contributed by atoms with Gasteiger partial charge in [-0.2, -0.15) is 4.72 Å². The Morgan fingerprint density at radius 2 is 1.60 bits per heavy atom. The van der Waals surface area contributed by atoms with E-state index in [1.165, 1.54) is 18.2 Å². The van der Waals surface area contributed by atoms with Crippen molar-refractivity contribution < 1.29 is 17.6 Å². The van der Waals surface area contributed by atoms with E-state index in [2.05, 4.69) is 10.0 Å². The van der Waals surface area contributed by atoms with Crippen LogP contribution in [0.1, 0.15) is 16.7 Å². The fraction of sp³-hybridized carbons (Fsp3) is 0.174. The molecule has 3 rings (SSSR count). The summed E-state index contributed by atoms with van der Waals surface area (Å²) in [6.45, 7) is 2.21. The molecule has 0 heterocycles. The van der Waals surface area contributed by atoms with E-state index in [0.29, 0.717) is 0 Å². The number of rotatable bonds is 8. The van der Waals surface area contributed by atoms with Gasteiger partial charge in [0, 0.05) is 6.54 Å². The Labute approximate surface area is 176 Å². The van der Waals surface area contributed by atoms with Gasteiger partial charge in [0.15, 0.2) is 0 Å². The highest BCUT2D eigenvalue weighted by Crippen LogP contribution is 2.15. The standard InChI is InChI=1S/C23H23FN2O3S/c1-17-8-7-11-19(14-17)16-25-23(27)21(15-18-9-3-2-4-10-18)26-30(28,29)22-13-6-5-12-20(22)24/h2-14,21,26H,15-16H2,1H3,(H,25,27). The Bertz CT molecular complexity index is 1120. The van der Waals surface area contributed by atoms with Crippen LogP contribution >= 0.6 is 0 Å². The summed E-state index contributed by atoms with van der Waals surface area (Å²) in [5.41, 5.74) is 2.74. The van der Waals surface area contributed by atoms with E-state index in [1.54, 1.807) is 12.1 Å². The maximum atomic E-state index is 14.1. The first-order valence-electron chi connectivity index (χ1n) is 9.49. The van der Waals surface area contributed by atoms with Crippen molar-refractivity contribution in [2.24, 2.45) is 0 Å². The van der Waals surface area contributed by atoms with Gasteiger partial charge in [0.2, 0.25) is 15.9 Å². The molecule has 0 spiro atoms. The first kappa shape index (κ1) is 21.7. The molecule has 0 fully saturated rings. The van der Waals surface area contributed by atoms with Gasteiger partial charge in [-0.15, -0.1) is 0 Å². The molecule has 0 aliphatic carbocycles. The average Bonchev–Trinajstić information content (AvgIpc) is 2.72. The highest BCUT2D eigenvalue weighted by atomic mass is 32.2. The smallest absolute Gasteiger partial charge is 0.244 e. The van der Waals surface area contributed by atoms with Crippen molar-refractivity contribution in [3.63, 3.8) is 0 Å². The average molecular weight is 427 g/mol. The van der Waals surface area contributed by atoms with E-state index < -0.39 is 32.7 Å². The number of aryl methyl sites for hydroxylation is 1. The molecule has 0 saturated heterocycles. The summed E-state index contributed by atoms with van der Waals surface area (Å²) in [4.78, 5) is 12.4. The van der Waals surface area contributed by atoms with Gasteiger partial charge in [0.05, 0.1) is 0 Å². The van der Waals surface area contributed by atoms with Gasteiger partial charge in [-0.3, -0.25) is 4.79 Å². The van der Waals surface area contributed by atoms with Crippen molar-refractivity contribution in [2.45, 2.75) is 30.8 Å². The zero-order valence-corrected chi connectivity index (χ0v) is 17.3. The Morgan fingerprint density at radius 1 is 0.933 bits per heavy atom. The van der Waals surface area contributed by atoms with Gasteiger partial charge in [0.1, 0.15) is 16.8 Å². The molecule has 1 atom stereocenters. The van der Waals surface area contributed by atoms with Gasteiger partial charge in [-0.1, -0.05) is 72.3 Å². The third-order valence-corrected chi connectivity index (χ3v) is 6.08. The Hall–Kier alpha value is -3.03. The van der Waals surface area contributed by atoms with Gasteiger partial charge >= 0.3 is 0 Å². The van der Waals surface area contributed by atoms with E-state index in [0.717, 1.165) is 22.8 Å². The fourth-order valence-corrected chi connectivity index (χ4v) is 4.36. The highest BCUT2D eigenvalue weighted by Gasteiger charge is 2.27. The lowest BCUT2D eigenvalue weighted by atomic mass is 10.1. The van der Waals surface area contributed by atoms with Crippen molar-refractivity contribution in [3.05, 3.63) is 101 Å². The van der Waals surface area contributed by atoms with E-state index in [-0.39, 0.29) is 13.0 Å². The number of nitrogens with one attached hydrogen (secondary N) is 2. The van der Waals surface area contributed by atoms with Crippen LogP contribution in [0.15, 0.2) is 83.8 Å². The fourth-order valence-electron chi connectivity index (χ4n) is 3.09. The van der Waals surface area contributed by atoms with E-state index in [1.807, 2.05) is 49.4 Å². The quantitative estimate of drug-likeness (QED) is 0.580. The molecule has 0 radical (unpaired) electrons. The molecule has 3 aromatic rings. The molecule has 0 aromatic heterocycles. The predicted molar refractivity (Wildman–Crippen MR) is 114 cm³/mol. The number of hydrogen-bond donors (Lipinski definition) is 2. The summed E-state index contributed by atoms with van der Waals surface area (Å²) in [5, 5.41) is 2.78. The molecule has 2 N–H and O–H groups in total. The van der Waals surface area contributed by atoms with Gasteiger partial charge in [-0.05, 0) is 36.6 Å². The first-order valence-corrected chi connectivity index (χ1v) is 11.0. The third kappa shape index (κ3) is 5.75. The number of hydrogen-bond acceptors (Lipinski definition) is 3. The normalized spacial score (nSPS) is 12.3. The predicted octanol–water partition coefficient (Wildman–Crippen LogP) is 3.34. The number of amides is 1. The Morgan fingerprint density at radius 3 is 2.30 bits per heavy atom. The van der Waals surface area contributed by atoms with Crippen LogP contribution in [0.4, 0.5) is 4.39 Å². The number of halogens is 1. The molecule has 156 valence electrons. The second-order valence-electron chi connectivity index (χ2n) is 7.00. The van der Waals surface area contributed by atoms with Gasteiger partial charge in [0.25, 0.3) is 0 Å². The first-order chi connectivity index (χ1) is 14.3. The van der Waals surface area contributed by atoms with Crippen LogP contribution in [0.2, 0.25) is 0 Å². The minimum Gasteiger partial charge on any atom is -0.351 e. The lowest BCUT2D eigenvalue weighted by Gasteiger charge is -2.19. The van der Waals surface area contributed by atoms with Crippen LogP contribution in [-0.2, 0) is 27.8 Å². The molecule has 5 nitrogen and oxygen atoms in total. The number of benzene rings is 3. The molecule has 0 saturated carbocycles. The monoisotopic (exact) mass is 426 g/mol. The van der Waals surface area contributed by atoms with E-state index in [4.69, 9.17) is 0 Å². The molecule has 3 aromatic carbocycles. The van der Waals surface area contributed by atoms with Gasteiger partial charge in [-0.25, -0.2) is 12.8 Å². The highest BCUT2D eigenvalue weighted by molar-refractivity contribution is 7.89. The van der Waals surface area contributed by atoms with Crippen LogP contribution in [0.25, 0.3) is 0 Å². The maximum Gasteiger partial charge on any atom is 0.244 e. The molecule has 30 heavy (non-hydrogen) atoms. The summed E-state index contributed by atoms with van der Waals surface area (Å²) in [6.07, 6.45) is 0.133. The molecule has 7 heteroatoms. The minimum absolute atomic E-state index is 0.133. The lowest BCUT2D eigenvalue weighted by Crippen LogP contribution is -2.47.